The van der Waals surface area contributed by atoms with Crippen molar-refractivity contribution in [2.24, 2.45) is 0 Å². The molecule has 1 aliphatic rings. The number of nitrogen functional groups attached to an aromatic ring is 1. The lowest BCUT2D eigenvalue weighted by Crippen LogP contribution is -2.28. The predicted molar refractivity (Wildman–Crippen MR) is 84.4 cm³/mol. The Hall–Kier alpha value is -1.78. The minimum absolute atomic E-state index is 0.0984. The van der Waals surface area contributed by atoms with Crippen LogP contribution < -0.4 is 10.4 Å². The number of carboxylic acids is 1. The molecule has 0 fully saturated rings. The third-order valence-corrected chi connectivity index (χ3v) is 5.16. The number of fused-ring (bicyclic) bond motifs is 1. The van der Waals surface area contributed by atoms with E-state index in [4.69, 9.17) is 10.4 Å². The summed E-state index contributed by atoms with van der Waals surface area (Å²) in [5.74, 6) is -0.400. The van der Waals surface area contributed by atoms with Crippen LogP contribution in [0.4, 0.5) is 5.13 Å². The van der Waals surface area contributed by atoms with Gasteiger partial charge in [0.2, 0.25) is 5.13 Å². The monoisotopic (exact) mass is 337 g/mol. The Morgan fingerprint density at radius 3 is 3.00 bits per heavy atom. The molecule has 0 saturated carbocycles. The number of carbonyl (C=O) groups is 1. The molecule has 22 heavy (non-hydrogen) atoms. The van der Waals surface area contributed by atoms with Gasteiger partial charge < -0.3 is 20.5 Å². The van der Waals surface area contributed by atoms with E-state index in [-0.39, 0.29) is 11.3 Å². The Balaban J connectivity index is 1.90. The maximum Gasteiger partial charge on any atom is 0.522 e. The van der Waals surface area contributed by atoms with Gasteiger partial charge in [0.25, 0.3) is 0 Å². The number of thioether (sulfide) groups is 1. The van der Waals surface area contributed by atoms with Crippen molar-refractivity contribution in [1.82, 2.24) is 10.2 Å². The van der Waals surface area contributed by atoms with Gasteiger partial charge in [-0.1, -0.05) is 35.2 Å². The molecule has 3 rings (SSSR count). The highest BCUT2D eigenvalue weighted by molar-refractivity contribution is 8.00. The zero-order chi connectivity index (χ0) is 15.7. The van der Waals surface area contributed by atoms with Crippen LogP contribution in [0.1, 0.15) is 21.5 Å². The van der Waals surface area contributed by atoms with Gasteiger partial charge in [-0.2, -0.15) is 0 Å². The summed E-state index contributed by atoms with van der Waals surface area (Å²) in [7, 11) is -0.962. The molecule has 0 bridgehead atoms. The second-order valence-electron chi connectivity index (χ2n) is 4.70. The first-order chi connectivity index (χ1) is 10.5. The maximum atomic E-state index is 11.6. The topological polar surface area (TPSA) is 119 Å². The van der Waals surface area contributed by atoms with E-state index in [0.717, 1.165) is 5.56 Å². The molecule has 0 amide bonds. The smallest absolute Gasteiger partial charge is 0.522 e. The Kier molecular flexibility index (Phi) is 4.23. The molecule has 0 unspecified atom stereocenters. The molecule has 0 aliphatic carbocycles. The average Bonchev–Trinajstić information content (AvgIpc) is 2.89. The molecule has 0 atom stereocenters. The summed E-state index contributed by atoms with van der Waals surface area (Å²) in [6, 6.07) is 3.62. The van der Waals surface area contributed by atoms with Crippen LogP contribution in [-0.2, 0) is 12.2 Å². The summed E-state index contributed by atoms with van der Waals surface area (Å²) in [5.41, 5.74) is 7.03. The van der Waals surface area contributed by atoms with Crippen LogP contribution in [0.5, 0.6) is 5.75 Å². The number of carboxylic acid groups (broad SMARTS) is 1. The van der Waals surface area contributed by atoms with Crippen LogP contribution in [0.25, 0.3) is 0 Å². The molecule has 10 heteroatoms. The Labute approximate surface area is 134 Å². The van der Waals surface area contributed by atoms with E-state index in [1.807, 2.05) is 6.07 Å². The fourth-order valence-electron chi connectivity index (χ4n) is 2.24. The zero-order valence-corrected chi connectivity index (χ0v) is 13.0. The van der Waals surface area contributed by atoms with Crippen LogP contribution in [0, 0.1) is 0 Å². The van der Waals surface area contributed by atoms with Crippen LogP contribution in [0.3, 0.4) is 0 Å². The van der Waals surface area contributed by atoms with Crippen LogP contribution in [-0.4, -0.2) is 33.4 Å². The highest BCUT2D eigenvalue weighted by atomic mass is 32.2. The Bertz CT molecular complexity index is 724. The van der Waals surface area contributed by atoms with Crippen molar-refractivity contribution in [3.05, 3.63) is 28.8 Å². The van der Waals surface area contributed by atoms with Crippen LogP contribution in [0.2, 0.25) is 6.32 Å². The van der Waals surface area contributed by atoms with E-state index in [1.54, 1.807) is 6.07 Å². The molecule has 0 spiro atoms. The molecule has 4 N–H and O–H groups in total. The standard InChI is InChI=1S/C12H12BN3O4S2/c14-11-15-16-12(22-11)21-5-7-2-1-6-3-4-13(19)20-9(6)8(7)10(17)18/h1-2,19H,3-5H2,(H2,14,15)(H,17,18). The molecule has 0 radical (unpaired) electrons. The maximum absolute atomic E-state index is 11.6. The molecule has 114 valence electrons. The van der Waals surface area contributed by atoms with Crippen molar-refractivity contribution >= 4 is 41.3 Å². The molecule has 1 aromatic heterocycles. The molecule has 0 saturated heterocycles. The lowest BCUT2D eigenvalue weighted by molar-refractivity contribution is 0.0693. The minimum atomic E-state index is -1.07. The third-order valence-electron chi connectivity index (χ3n) is 3.23. The fourth-order valence-corrected chi connectivity index (χ4v) is 3.87. The average molecular weight is 337 g/mol. The first-order valence-corrected chi connectivity index (χ1v) is 8.29. The summed E-state index contributed by atoms with van der Waals surface area (Å²) < 4.78 is 6.01. The van der Waals surface area contributed by atoms with Crippen molar-refractivity contribution in [3.63, 3.8) is 0 Å². The molecular weight excluding hydrogens is 325 g/mol. The number of aromatic carboxylic acids is 1. The first-order valence-electron chi connectivity index (χ1n) is 6.49. The highest BCUT2D eigenvalue weighted by Gasteiger charge is 2.29. The summed E-state index contributed by atoms with van der Waals surface area (Å²) in [4.78, 5) is 11.6. The van der Waals surface area contributed by atoms with Gasteiger partial charge in [0.15, 0.2) is 4.34 Å². The molecule has 7 nitrogen and oxygen atoms in total. The fraction of sp³-hybridized carbons (Fsp3) is 0.250. The van der Waals surface area contributed by atoms with Gasteiger partial charge in [-0.15, -0.1) is 10.2 Å². The number of rotatable bonds is 4. The predicted octanol–water partition coefficient (Wildman–Crippen LogP) is 1.53. The van der Waals surface area contributed by atoms with E-state index >= 15 is 0 Å². The van der Waals surface area contributed by atoms with Gasteiger partial charge in [-0.3, -0.25) is 0 Å². The van der Waals surface area contributed by atoms with Crippen LogP contribution >= 0.6 is 23.1 Å². The minimum Gasteiger partial charge on any atom is -0.535 e. The van der Waals surface area contributed by atoms with Gasteiger partial charge in [0.1, 0.15) is 11.3 Å². The van der Waals surface area contributed by atoms with Gasteiger partial charge in [0, 0.05) is 5.75 Å². The zero-order valence-electron chi connectivity index (χ0n) is 11.4. The van der Waals surface area contributed by atoms with Gasteiger partial charge in [-0.05, 0) is 23.9 Å². The Morgan fingerprint density at radius 2 is 2.32 bits per heavy atom. The second-order valence-corrected chi connectivity index (χ2v) is 6.93. The number of hydrogen-bond acceptors (Lipinski definition) is 8. The number of nitrogens with zero attached hydrogens (tertiary/aromatic N) is 2. The van der Waals surface area contributed by atoms with Crippen molar-refractivity contribution in [3.8, 4) is 5.75 Å². The lowest BCUT2D eigenvalue weighted by atomic mass is 9.78. The molecule has 2 aromatic rings. The number of benzene rings is 1. The third kappa shape index (κ3) is 3.03. The van der Waals surface area contributed by atoms with E-state index in [2.05, 4.69) is 10.2 Å². The summed E-state index contributed by atoms with van der Waals surface area (Å²) >= 11 is 2.61. The number of anilines is 1. The number of hydrogen-bond donors (Lipinski definition) is 3. The number of aryl methyl sites for hydroxylation is 1. The first kappa shape index (κ1) is 15.1. The molecule has 2 heterocycles. The Morgan fingerprint density at radius 1 is 1.50 bits per heavy atom. The largest absolute Gasteiger partial charge is 0.535 e. The van der Waals surface area contributed by atoms with E-state index < -0.39 is 13.1 Å². The summed E-state index contributed by atoms with van der Waals surface area (Å²) in [5, 5.41) is 27.1. The number of nitrogens with two attached hydrogens (primary N) is 1. The van der Waals surface area contributed by atoms with Crippen molar-refractivity contribution in [2.45, 2.75) is 22.8 Å². The molecule has 1 aromatic carbocycles. The highest BCUT2D eigenvalue weighted by Crippen LogP contribution is 2.36. The normalized spacial score (nSPS) is 13.6. The SMILES string of the molecule is Nc1nnc(SCc2ccc3c(c2C(=O)O)OB(O)CC3)s1. The van der Waals surface area contributed by atoms with Gasteiger partial charge in [-0.25, -0.2) is 4.79 Å². The second kappa shape index (κ2) is 6.15. The lowest BCUT2D eigenvalue weighted by Gasteiger charge is -2.22. The van der Waals surface area contributed by atoms with Crippen LogP contribution in [0.15, 0.2) is 16.5 Å². The molecular formula is C12H12BN3O4S2. The van der Waals surface area contributed by atoms with Gasteiger partial charge in [0.05, 0.1) is 0 Å². The summed E-state index contributed by atoms with van der Waals surface area (Å²) in [6.45, 7) is 0. The van der Waals surface area contributed by atoms with Crippen molar-refractivity contribution < 1.29 is 19.6 Å². The number of aromatic nitrogens is 2. The molecule has 1 aliphatic heterocycles. The van der Waals surface area contributed by atoms with Crippen molar-refractivity contribution in [1.29, 1.82) is 0 Å². The van der Waals surface area contributed by atoms with Gasteiger partial charge >= 0.3 is 13.1 Å². The van der Waals surface area contributed by atoms with E-state index in [0.29, 0.717) is 33.5 Å². The van der Waals surface area contributed by atoms with Crippen molar-refractivity contribution in [2.75, 3.05) is 5.73 Å². The van der Waals surface area contributed by atoms with E-state index in [9.17, 15) is 14.9 Å². The summed E-state index contributed by atoms with van der Waals surface area (Å²) in [6.07, 6.45) is 1.06. The van der Waals surface area contributed by atoms with E-state index in [1.165, 1.54) is 23.1 Å². The quantitative estimate of drug-likeness (QED) is 0.568.